The molecule has 4 heteroatoms. The van der Waals surface area contributed by atoms with E-state index in [2.05, 4.69) is 11.1 Å². The van der Waals surface area contributed by atoms with Gasteiger partial charge < -0.3 is 4.74 Å². The molecule has 1 aliphatic carbocycles. The Morgan fingerprint density at radius 1 is 1.35 bits per heavy atom. The first kappa shape index (κ1) is 13.4. The molecule has 1 fully saturated rings. The fraction of sp³-hybridized carbons (Fsp3) is 0.375. The van der Waals surface area contributed by atoms with Gasteiger partial charge in [-0.3, -0.25) is 9.78 Å². The third-order valence-electron chi connectivity index (χ3n) is 3.72. The van der Waals surface area contributed by atoms with Gasteiger partial charge in [-0.15, -0.1) is 11.8 Å². The van der Waals surface area contributed by atoms with Gasteiger partial charge >= 0.3 is 5.97 Å². The molecule has 1 heterocycles. The molecule has 0 spiro atoms. The van der Waals surface area contributed by atoms with E-state index in [-0.39, 0.29) is 10.7 Å². The number of carbonyl (C=O) groups excluding carboxylic acids is 1. The lowest BCUT2D eigenvalue weighted by Crippen LogP contribution is -2.43. The van der Waals surface area contributed by atoms with E-state index in [4.69, 9.17) is 4.74 Å². The highest BCUT2D eigenvalue weighted by atomic mass is 32.2. The predicted molar refractivity (Wildman–Crippen MR) is 80.8 cm³/mol. The Labute approximate surface area is 122 Å². The number of esters is 1. The van der Waals surface area contributed by atoms with E-state index in [1.807, 2.05) is 37.4 Å². The van der Waals surface area contributed by atoms with Crippen LogP contribution in [0.15, 0.2) is 41.4 Å². The number of carbonyl (C=O) groups is 1. The molecule has 2 aromatic rings. The van der Waals surface area contributed by atoms with Crippen molar-refractivity contribution in [2.24, 2.45) is 0 Å². The molecule has 1 aliphatic rings. The van der Waals surface area contributed by atoms with Gasteiger partial charge in [0.15, 0.2) is 0 Å². The summed E-state index contributed by atoms with van der Waals surface area (Å²) in [5.74, 6) is -0.0721. The van der Waals surface area contributed by atoms with Crippen molar-refractivity contribution in [3.05, 3.63) is 36.5 Å². The summed E-state index contributed by atoms with van der Waals surface area (Å²) >= 11 is 1.64. The number of ether oxygens (including phenoxy) is 1. The smallest absolute Gasteiger partial charge is 0.322 e. The molecule has 0 N–H and O–H groups in total. The van der Waals surface area contributed by atoms with Crippen molar-refractivity contribution >= 4 is 28.6 Å². The Kier molecular flexibility index (Phi) is 3.66. The average Bonchev–Trinajstić information content (AvgIpc) is 2.43. The highest BCUT2D eigenvalue weighted by Gasteiger charge is 2.46. The van der Waals surface area contributed by atoms with Crippen LogP contribution in [-0.4, -0.2) is 22.3 Å². The van der Waals surface area contributed by atoms with E-state index < -0.39 is 0 Å². The second kappa shape index (κ2) is 5.44. The largest absolute Gasteiger partial charge is 0.465 e. The van der Waals surface area contributed by atoms with Gasteiger partial charge in [0.05, 0.1) is 12.1 Å². The molecule has 0 amide bonds. The Balaban J connectivity index is 1.94. The highest BCUT2D eigenvalue weighted by molar-refractivity contribution is 8.01. The Hall–Kier alpha value is -1.55. The zero-order valence-electron chi connectivity index (χ0n) is 11.5. The number of nitrogens with zero attached hydrogens (tertiary/aromatic N) is 1. The van der Waals surface area contributed by atoms with Crippen LogP contribution in [0, 0.1) is 0 Å². The SMILES string of the molecule is CCOC(=O)C1(Sc2ccnc3ccccc23)CCC1. The van der Waals surface area contributed by atoms with Gasteiger partial charge in [-0.05, 0) is 38.3 Å². The normalized spacial score (nSPS) is 16.6. The van der Waals surface area contributed by atoms with Crippen LogP contribution in [0.3, 0.4) is 0 Å². The van der Waals surface area contributed by atoms with Crippen LogP contribution in [0.4, 0.5) is 0 Å². The summed E-state index contributed by atoms with van der Waals surface area (Å²) in [6.07, 6.45) is 4.69. The number of rotatable bonds is 4. The lowest BCUT2D eigenvalue weighted by Gasteiger charge is -2.38. The zero-order chi connectivity index (χ0) is 14.0. The number of aromatic nitrogens is 1. The number of fused-ring (bicyclic) bond motifs is 1. The van der Waals surface area contributed by atoms with Crippen LogP contribution in [-0.2, 0) is 9.53 Å². The summed E-state index contributed by atoms with van der Waals surface area (Å²) < 4.78 is 4.87. The van der Waals surface area contributed by atoms with Crippen LogP contribution < -0.4 is 0 Å². The van der Waals surface area contributed by atoms with Gasteiger partial charge in [0.1, 0.15) is 4.75 Å². The maximum Gasteiger partial charge on any atom is 0.322 e. The number of thioether (sulfide) groups is 1. The fourth-order valence-corrected chi connectivity index (χ4v) is 3.94. The van der Waals surface area contributed by atoms with E-state index in [1.165, 1.54) is 0 Å². The summed E-state index contributed by atoms with van der Waals surface area (Å²) in [6, 6.07) is 10.0. The van der Waals surface area contributed by atoms with Gasteiger partial charge in [0, 0.05) is 16.5 Å². The van der Waals surface area contributed by atoms with Crippen molar-refractivity contribution in [1.29, 1.82) is 0 Å². The Morgan fingerprint density at radius 3 is 2.85 bits per heavy atom. The molecular formula is C16H17NO2S. The lowest BCUT2D eigenvalue weighted by atomic mass is 9.84. The molecule has 3 nitrogen and oxygen atoms in total. The number of hydrogen-bond acceptors (Lipinski definition) is 4. The molecule has 20 heavy (non-hydrogen) atoms. The Bertz CT molecular complexity index is 632. The molecule has 0 unspecified atom stereocenters. The van der Waals surface area contributed by atoms with Gasteiger partial charge in [-0.1, -0.05) is 18.2 Å². The number of benzene rings is 1. The van der Waals surface area contributed by atoms with E-state index in [1.54, 1.807) is 11.8 Å². The van der Waals surface area contributed by atoms with Crippen molar-refractivity contribution in [1.82, 2.24) is 4.98 Å². The zero-order valence-corrected chi connectivity index (χ0v) is 12.3. The third-order valence-corrected chi connectivity index (χ3v) is 5.26. The first-order chi connectivity index (χ1) is 9.75. The van der Waals surface area contributed by atoms with Gasteiger partial charge in [-0.2, -0.15) is 0 Å². The van der Waals surface area contributed by atoms with E-state index >= 15 is 0 Å². The average molecular weight is 287 g/mol. The van der Waals surface area contributed by atoms with Crippen LogP contribution >= 0.6 is 11.8 Å². The standard InChI is InChI=1S/C16H17NO2S/c1-2-19-15(18)16(9-5-10-16)20-14-8-11-17-13-7-4-3-6-12(13)14/h3-4,6-8,11H,2,5,9-10H2,1H3. The second-order valence-corrected chi connectivity index (χ2v) is 6.42. The van der Waals surface area contributed by atoms with Crippen LogP contribution in [0.25, 0.3) is 10.9 Å². The van der Waals surface area contributed by atoms with Crippen LogP contribution in [0.2, 0.25) is 0 Å². The van der Waals surface area contributed by atoms with Crippen molar-refractivity contribution in [3.8, 4) is 0 Å². The van der Waals surface area contributed by atoms with Gasteiger partial charge in [-0.25, -0.2) is 0 Å². The minimum Gasteiger partial charge on any atom is -0.465 e. The van der Waals surface area contributed by atoms with Crippen molar-refractivity contribution in [2.45, 2.75) is 35.8 Å². The van der Waals surface area contributed by atoms with E-state index in [0.717, 1.165) is 35.1 Å². The monoisotopic (exact) mass is 287 g/mol. The summed E-state index contributed by atoms with van der Waals surface area (Å²) in [4.78, 5) is 17.7. The summed E-state index contributed by atoms with van der Waals surface area (Å²) in [5.41, 5.74) is 0.968. The summed E-state index contributed by atoms with van der Waals surface area (Å²) in [7, 11) is 0. The van der Waals surface area contributed by atoms with Gasteiger partial charge in [0.25, 0.3) is 0 Å². The quantitative estimate of drug-likeness (QED) is 0.802. The number of pyridine rings is 1. The topological polar surface area (TPSA) is 39.2 Å². The molecule has 0 radical (unpaired) electrons. The molecular weight excluding hydrogens is 270 g/mol. The molecule has 104 valence electrons. The van der Waals surface area contributed by atoms with Crippen molar-refractivity contribution in [2.75, 3.05) is 6.61 Å². The molecule has 0 bridgehead atoms. The van der Waals surface area contributed by atoms with Gasteiger partial charge in [0.2, 0.25) is 0 Å². The van der Waals surface area contributed by atoms with Crippen molar-refractivity contribution in [3.63, 3.8) is 0 Å². The maximum atomic E-state index is 12.2. The number of para-hydroxylation sites is 1. The number of hydrogen-bond donors (Lipinski definition) is 0. The fourth-order valence-electron chi connectivity index (χ4n) is 2.48. The highest BCUT2D eigenvalue weighted by Crippen LogP contribution is 2.49. The molecule has 3 rings (SSSR count). The molecule has 1 aromatic heterocycles. The molecule has 0 saturated heterocycles. The first-order valence-corrected chi connectivity index (χ1v) is 7.77. The maximum absolute atomic E-state index is 12.2. The second-order valence-electron chi connectivity index (χ2n) is 5.00. The third kappa shape index (κ3) is 2.29. The molecule has 1 aromatic carbocycles. The first-order valence-electron chi connectivity index (χ1n) is 6.95. The summed E-state index contributed by atoms with van der Waals surface area (Å²) in [5, 5.41) is 1.11. The minimum atomic E-state index is -0.389. The lowest BCUT2D eigenvalue weighted by molar-refractivity contribution is -0.148. The van der Waals surface area contributed by atoms with E-state index in [9.17, 15) is 4.79 Å². The molecule has 0 atom stereocenters. The van der Waals surface area contributed by atoms with Crippen LogP contribution in [0.5, 0.6) is 0 Å². The Morgan fingerprint density at radius 2 is 2.15 bits per heavy atom. The van der Waals surface area contributed by atoms with Crippen LogP contribution in [0.1, 0.15) is 26.2 Å². The molecule has 1 saturated carbocycles. The predicted octanol–water partition coefficient (Wildman–Crippen LogP) is 3.81. The van der Waals surface area contributed by atoms with E-state index in [0.29, 0.717) is 6.61 Å². The molecule has 0 aliphatic heterocycles. The summed E-state index contributed by atoms with van der Waals surface area (Å²) in [6.45, 7) is 2.30. The van der Waals surface area contributed by atoms with Crippen molar-refractivity contribution < 1.29 is 9.53 Å². The minimum absolute atomic E-state index is 0.0721.